The minimum Gasteiger partial charge on any atom is -0.493 e. The van der Waals surface area contributed by atoms with E-state index in [2.05, 4.69) is 29.2 Å². The largest absolute Gasteiger partial charge is 0.493 e. The van der Waals surface area contributed by atoms with E-state index in [1.807, 2.05) is 55.5 Å². The average Bonchev–Trinajstić information content (AvgIpc) is 3.13. The maximum atomic E-state index is 6.09. The summed E-state index contributed by atoms with van der Waals surface area (Å²) in [6, 6.07) is 24.3. The minimum absolute atomic E-state index is 0.634. The molecule has 3 aromatic carbocycles. The van der Waals surface area contributed by atoms with Gasteiger partial charge in [0.25, 0.3) is 0 Å². The molecule has 4 rings (SSSR count). The van der Waals surface area contributed by atoms with Crippen LogP contribution in [0.5, 0.6) is 17.2 Å². The van der Waals surface area contributed by atoms with E-state index in [1.54, 1.807) is 0 Å². The first-order valence-electron chi connectivity index (χ1n) is 10.6. The summed E-state index contributed by atoms with van der Waals surface area (Å²) in [6.07, 6.45) is 2.98. The summed E-state index contributed by atoms with van der Waals surface area (Å²) < 4.78 is 12.0. The van der Waals surface area contributed by atoms with Crippen LogP contribution < -0.4 is 15.2 Å². The van der Waals surface area contributed by atoms with Gasteiger partial charge in [-0.1, -0.05) is 30.3 Å². The average molecular weight is 401 g/mol. The molecule has 0 saturated carbocycles. The quantitative estimate of drug-likeness (QED) is 0.324. The lowest BCUT2D eigenvalue weighted by atomic mass is 9.99. The number of H-pyrrole nitrogens is 1. The Labute approximate surface area is 177 Å². The maximum absolute atomic E-state index is 6.09. The smallest absolute Gasteiger partial charge is 0.128 e. The first-order chi connectivity index (χ1) is 14.8. The van der Waals surface area contributed by atoms with Crippen molar-refractivity contribution in [1.82, 2.24) is 4.98 Å². The van der Waals surface area contributed by atoms with Crippen LogP contribution in [0.25, 0.3) is 22.2 Å². The van der Waals surface area contributed by atoms with Crippen molar-refractivity contribution in [3.8, 4) is 28.5 Å². The molecule has 0 atom stereocenters. The number of hydrogen-bond acceptors (Lipinski definition) is 3. The van der Waals surface area contributed by atoms with Gasteiger partial charge in [0.2, 0.25) is 0 Å². The standard InChI is InChI=1S/C26H28N2O2/c1-2-29-25-14-7-6-13-22(25)26-21(12-8-9-17-27)23-18-20(15-16-24(23)28-26)30-19-10-4-3-5-11-19/h3-7,10-11,13-16,18,28H,2,8-9,12,17,27H2,1H3. The summed E-state index contributed by atoms with van der Waals surface area (Å²) in [6.45, 7) is 3.35. The van der Waals surface area contributed by atoms with Gasteiger partial charge in [-0.25, -0.2) is 0 Å². The van der Waals surface area contributed by atoms with Gasteiger partial charge in [-0.15, -0.1) is 0 Å². The van der Waals surface area contributed by atoms with Crippen LogP contribution in [0.2, 0.25) is 0 Å². The molecule has 0 aliphatic rings. The van der Waals surface area contributed by atoms with Crippen LogP contribution in [-0.4, -0.2) is 18.1 Å². The van der Waals surface area contributed by atoms with E-state index < -0.39 is 0 Å². The van der Waals surface area contributed by atoms with Crippen LogP contribution in [0.3, 0.4) is 0 Å². The second-order valence-corrected chi connectivity index (χ2v) is 7.28. The van der Waals surface area contributed by atoms with Gasteiger partial charge < -0.3 is 20.2 Å². The van der Waals surface area contributed by atoms with Gasteiger partial charge in [0, 0.05) is 16.5 Å². The lowest BCUT2D eigenvalue weighted by molar-refractivity contribution is 0.341. The summed E-state index contributed by atoms with van der Waals surface area (Å²) in [7, 11) is 0. The Hall–Kier alpha value is -3.24. The summed E-state index contributed by atoms with van der Waals surface area (Å²) in [5.74, 6) is 2.56. The zero-order valence-electron chi connectivity index (χ0n) is 17.4. The predicted molar refractivity (Wildman–Crippen MR) is 123 cm³/mol. The van der Waals surface area contributed by atoms with Crippen molar-refractivity contribution in [3.63, 3.8) is 0 Å². The van der Waals surface area contributed by atoms with Crippen molar-refractivity contribution in [1.29, 1.82) is 0 Å². The van der Waals surface area contributed by atoms with Gasteiger partial charge in [-0.05, 0) is 80.8 Å². The number of rotatable bonds is 9. The van der Waals surface area contributed by atoms with E-state index >= 15 is 0 Å². The zero-order chi connectivity index (χ0) is 20.8. The molecular weight excluding hydrogens is 372 g/mol. The first-order valence-corrected chi connectivity index (χ1v) is 10.6. The summed E-state index contributed by atoms with van der Waals surface area (Å²) in [5.41, 5.74) is 10.3. The molecule has 0 bridgehead atoms. The molecule has 3 N–H and O–H groups in total. The van der Waals surface area contributed by atoms with Crippen molar-refractivity contribution >= 4 is 10.9 Å². The summed E-state index contributed by atoms with van der Waals surface area (Å²) in [4.78, 5) is 3.63. The molecule has 4 aromatic rings. The number of aromatic amines is 1. The predicted octanol–water partition coefficient (Wildman–Crippen LogP) is 6.31. The third kappa shape index (κ3) is 4.34. The van der Waals surface area contributed by atoms with E-state index in [9.17, 15) is 0 Å². The molecule has 4 heteroatoms. The van der Waals surface area contributed by atoms with Gasteiger partial charge >= 0.3 is 0 Å². The van der Waals surface area contributed by atoms with Gasteiger partial charge in [0.05, 0.1) is 12.3 Å². The van der Waals surface area contributed by atoms with Crippen molar-refractivity contribution < 1.29 is 9.47 Å². The SMILES string of the molecule is CCOc1ccccc1-c1[nH]c2ccc(Oc3ccccc3)cc2c1CCCCN. The van der Waals surface area contributed by atoms with Crippen LogP contribution in [0.15, 0.2) is 72.8 Å². The lowest BCUT2D eigenvalue weighted by Crippen LogP contribution is -2.00. The van der Waals surface area contributed by atoms with E-state index in [-0.39, 0.29) is 0 Å². The normalized spacial score (nSPS) is 11.0. The number of nitrogens with one attached hydrogen (secondary N) is 1. The highest BCUT2D eigenvalue weighted by molar-refractivity contribution is 5.92. The van der Waals surface area contributed by atoms with Crippen LogP contribution in [0.1, 0.15) is 25.3 Å². The third-order valence-corrected chi connectivity index (χ3v) is 5.19. The third-order valence-electron chi connectivity index (χ3n) is 5.19. The highest BCUT2D eigenvalue weighted by atomic mass is 16.5. The number of hydrogen-bond donors (Lipinski definition) is 2. The second-order valence-electron chi connectivity index (χ2n) is 7.28. The highest BCUT2D eigenvalue weighted by Gasteiger charge is 2.17. The van der Waals surface area contributed by atoms with Crippen LogP contribution in [0.4, 0.5) is 0 Å². The number of fused-ring (bicyclic) bond motifs is 1. The lowest BCUT2D eigenvalue weighted by Gasteiger charge is -2.11. The van der Waals surface area contributed by atoms with Crippen LogP contribution >= 0.6 is 0 Å². The van der Waals surface area contributed by atoms with Gasteiger partial charge in [0.15, 0.2) is 0 Å². The fourth-order valence-electron chi connectivity index (χ4n) is 3.81. The molecular formula is C26H28N2O2. The number of unbranched alkanes of at least 4 members (excludes halogenated alkanes) is 1. The number of aromatic nitrogens is 1. The van der Waals surface area contributed by atoms with Gasteiger partial charge in [-0.3, -0.25) is 0 Å². The van der Waals surface area contributed by atoms with E-state index in [0.29, 0.717) is 13.2 Å². The van der Waals surface area contributed by atoms with Crippen LogP contribution in [0, 0.1) is 0 Å². The number of benzene rings is 3. The Morgan fingerprint density at radius 1 is 0.867 bits per heavy atom. The summed E-state index contributed by atoms with van der Waals surface area (Å²) in [5, 5.41) is 1.18. The molecule has 0 aliphatic heterocycles. The number of ether oxygens (including phenoxy) is 2. The van der Waals surface area contributed by atoms with Crippen molar-refractivity contribution in [3.05, 3.63) is 78.4 Å². The minimum atomic E-state index is 0.634. The molecule has 1 heterocycles. The molecule has 0 fully saturated rings. The second kappa shape index (κ2) is 9.51. The van der Waals surface area contributed by atoms with Gasteiger partial charge in [-0.2, -0.15) is 0 Å². The molecule has 0 unspecified atom stereocenters. The molecule has 0 amide bonds. The van der Waals surface area contributed by atoms with E-state index in [0.717, 1.165) is 53.3 Å². The summed E-state index contributed by atoms with van der Waals surface area (Å²) >= 11 is 0. The monoisotopic (exact) mass is 400 g/mol. The fourth-order valence-corrected chi connectivity index (χ4v) is 3.81. The molecule has 30 heavy (non-hydrogen) atoms. The Morgan fingerprint density at radius 2 is 1.67 bits per heavy atom. The number of para-hydroxylation sites is 2. The van der Waals surface area contributed by atoms with Crippen molar-refractivity contribution in [2.75, 3.05) is 13.2 Å². The first kappa shape index (κ1) is 20.0. The van der Waals surface area contributed by atoms with Crippen LogP contribution in [-0.2, 0) is 6.42 Å². The van der Waals surface area contributed by atoms with Crippen molar-refractivity contribution in [2.24, 2.45) is 5.73 Å². The Balaban J connectivity index is 1.79. The molecule has 4 nitrogen and oxygen atoms in total. The molecule has 0 saturated heterocycles. The Bertz CT molecular complexity index is 1100. The van der Waals surface area contributed by atoms with Crippen molar-refractivity contribution in [2.45, 2.75) is 26.2 Å². The highest BCUT2D eigenvalue weighted by Crippen LogP contribution is 2.38. The Morgan fingerprint density at radius 3 is 2.47 bits per heavy atom. The molecule has 0 spiro atoms. The fraction of sp³-hybridized carbons (Fsp3) is 0.231. The van der Waals surface area contributed by atoms with E-state index in [1.165, 1.54) is 10.9 Å². The molecule has 0 aliphatic carbocycles. The number of nitrogens with two attached hydrogens (primary N) is 1. The van der Waals surface area contributed by atoms with Gasteiger partial charge in [0.1, 0.15) is 17.2 Å². The molecule has 0 radical (unpaired) electrons. The zero-order valence-corrected chi connectivity index (χ0v) is 17.4. The topological polar surface area (TPSA) is 60.3 Å². The Kier molecular flexibility index (Phi) is 6.35. The maximum Gasteiger partial charge on any atom is 0.128 e. The molecule has 1 aromatic heterocycles. The molecule has 154 valence electrons. The van der Waals surface area contributed by atoms with E-state index in [4.69, 9.17) is 15.2 Å². The number of aryl methyl sites for hydroxylation is 1.